The molecule has 0 N–H and O–H groups in total. The van der Waals surface area contributed by atoms with E-state index < -0.39 is 15.6 Å². The Morgan fingerprint density at radius 1 is 0.879 bits per heavy atom. The number of rotatable bonds is 8. The van der Waals surface area contributed by atoms with Crippen LogP contribution in [0.2, 0.25) is 0 Å². The average molecular weight is 468 g/mol. The molecule has 1 aromatic heterocycles. The third-order valence-corrected chi connectivity index (χ3v) is 6.64. The molecule has 0 bridgehead atoms. The fraction of sp³-hybridized carbons (Fsp3) is 0.160. The van der Waals surface area contributed by atoms with Crippen LogP contribution >= 0.6 is 0 Å². The van der Waals surface area contributed by atoms with Crippen LogP contribution in [0.25, 0.3) is 16.9 Å². The first-order chi connectivity index (χ1) is 15.8. The van der Waals surface area contributed by atoms with Crippen molar-refractivity contribution < 1.29 is 17.2 Å². The molecular formula is C25H23F2N3O2S. The second-order valence-electron chi connectivity index (χ2n) is 7.77. The monoisotopic (exact) mass is 467 g/mol. The highest BCUT2D eigenvalue weighted by molar-refractivity contribution is 7.91. The maximum atomic E-state index is 12.7. The summed E-state index contributed by atoms with van der Waals surface area (Å²) in [6.07, 6.45) is 2.01. The van der Waals surface area contributed by atoms with E-state index in [0.29, 0.717) is 13.1 Å². The molecule has 0 fully saturated rings. The Hall–Kier alpha value is -3.36. The van der Waals surface area contributed by atoms with Crippen molar-refractivity contribution in [1.82, 2.24) is 14.7 Å². The normalized spacial score (nSPS) is 11.9. The van der Waals surface area contributed by atoms with Gasteiger partial charge in [0.05, 0.1) is 16.3 Å². The van der Waals surface area contributed by atoms with E-state index in [2.05, 4.69) is 4.90 Å². The van der Waals surface area contributed by atoms with Gasteiger partial charge in [0.1, 0.15) is 0 Å². The Bertz CT molecular complexity index is 1310. The van der Waals surface area contributed by atoms with Crippen LogP contribution in [-0.2, 0) is 22.9 Å². The zero-order valence-electron chi connectivity index (χ0n) is 18.0. The Balaban J connectivity index is 1.56. The number of hydrogen-bond donors (Lipinski definition) is 0. The number of nitrogens with zero attached hydrogens (tertiary/aromatic N) is 3. The number of hydrogen-bond acceptors (Lipinski definition) is 4. The molecule has 0 saturated heterocycles. The van der Waals surface area contributed by atoms with Crippen molar-refractivity contribution in [1.29, 1.82) is 0 Å². The van der Waals surface area contributed by atoms with E-state index in [1.165, 1.54) is 12.1 Å². The Kier molecular flexibility index (Phi) is 6.67. The molecule has 0 aliphatic rings. The van der Waals surface area contributed by atoms with Crippen LogP contribution in [0.3, 0.4) is 0 Å². The van der Waals surface area contributed by atoms with Gasteiger partial charge in [-0.05, 0) is 36.9 Å². The summed E-state index contributed by atoms with van der Waals surface area (Å²) >= 11 is 0. The Morgan fingerprint density at radius 3 is 2.09 bits per heavy atom. The van der Waals surface area contributed by atoms with Gasteiger partial charge in [0, 0.05) is 30.4 Å². The molecule has 4 rings (SSSR count). The third kappa shape index (κ3) is 5.18. The number of aromatic nitrogens is 2. The standard InChI is InChI=1S/C25H23F2N3O2S/c1-29(16-19-12-14-23(15-13-19)33(31,32)25(26)27)17-21-18-30(22-10-6-3-7-11-22)28-24(21)20-8-4-2-5-9-20/h2-15,18,25H,16-17H2,1H3. The summed E-state index contributed by atoms with van der Waals surface area (Å²) in [4.78, 5) is 1.69. The molecule has 0 aliphatic heterocycles. The minimum atomic E-state index is -4.59. The SMILES string of the molecule is CN(Cc1ccc(S(=O)(=O)C(F)F)cc1)Cc1cn(-c2ccccc2)nc1-c1ccccc1. The highest BCUT2D eigenvalue weighted by Crippen LogP contribution is 2.25. The molecule has 0 unspecified atom stereocenters. The predicted octanol–water partition coefficient (Wildman–Crippen LogP) is 5.17. The van der Waals surface area contributed by atoms with Crippen molar-refractivity contribution in [2.75, 3.05) is 7.05 Å². The molecule has 5 nitrogen and oxygen atoms in total. The van der Waals surface area contributed by atoms with Crippen molar-refractivity contribution in [3.05, 3.63) is 102 Å². The van der Waals surface area contributed by atoms with Gasteiger partial charge in [0.25, 0.3) is 0 Å². The van der Waals surface area contributed by atoms with Crippen molar-refractivity contribution in [2.45, 2.75) is 23.7 Å². The van der Waals surface area contributed by atoms with Gasteiger partial charge >= 0.3 is 5.76 Å². The second kappa shape index (κ2) is 9.64. The van der Waals surface area contributed by atoms with Gasteiger partial charge in [-0.1, -0.05) is 60.7 Å². The van der Waals surface area contributed by atoms with Gasteiger partial charge in [0.15, 0.2) is 0 Å². The highest BCUT2D eigenvalue weighted by atomic mass is 32.2. The topological polar surface area (TPSA) is 55.2 Å². The molecule has 8 heteroatoms. The molecule has 0 spiro atoms. The Morgan fingerprint density at radius 2 is 1.48 bits per heavy atom. The lowest BCUT2D eigenvalue weighted by Crippen LogP contribution is -2.17. The molecule has 4 aromatic rings. The van der Waals surface area contributed by atoms with E-state index in [1.807, 2.05) is 78.6 Å². The molecule has 0 aliphatic carbocycles. The molecule has 0 atom stereocenters. The first-order valence-electron chi connectivity index (χ1n) is 10.3. The van der Waals surface area contributed by atoms with Gasteiger partial charge in [-0.15, -0.1) is 0 Å². The van der Waals surface area contributed by atoms with E-state index >= 15 is 0 Å². The molecule has 0 amide bonds. The van der Waals surface area contributed by atoms with E-state index in [4.69, 9.17) is 5.10 Å². The Labute approximate surface area is 191 Å². The summed E-state index contributed by atoms with van der Waals surface area (Å²) < 4.78 is 50.6. The maximum Gasteiger partial charge on any atom is 0.341 e. The summed E-state index contributed by atoms with van der Waals surface area (Å²) in [7, 11) is -2.65. The van der Waals surface area contributed by atoms with Crippen molar-refractivity contribution in [3.63, 3.8) is 0 Å². The van der Waals surface area contributed by atoms with Crippen LogP contribution in [0, 0.1) is 0 Å². The highest BCUT2D eigenvalue weighted by Gasteiger charge is 2.26. The van der Waals surface area contributed by atoms with Crippen LogP contribution in [0.1, 0.15) is 11.1 Å². The van der Waals surface area contributed by atoms with Gasteiger partial charge in [-0.2, -0.15) is 13.9 Å². The van der Waals surface area contributed by atoms with Gasteiger partial charge < -0.3 is 0 Å². The van der Waals surface area contributed by atoms with E-state index in [0.717, 1.165) is 28.1 Å². The first-order valence-corrected chi connectivity index (χ1v) is 11.9. The molecule has 170 valence electrons. The lowest BCUT2D eigenvalue weighted by molar-refractivity contribution is 0.234. The minimum absolute atomic E-state index is 0.376. The predicted molar refractivity (Wildman–Crippen MR) is 124 cm³/mol. The molecule has 1 heterocycles. The van der Waals surface area contributed by atoms with E-state index in [9.17, 15) is 17.2 Å². The van der Waals surface area contributed by atoms with Crippen LogP contribution < -0.4 is 0 Å². The lowest BCUT2D eigenvalue weighted by Gasteiger charge is -2.17. The van der Waals surface area contributed by atoms with Crippen molar-refractivity contribution in [3.8, 4) is 16.9 Å². The fourth-order valence-corrected chi connectivity index (χ4v) is 4.34. The van der Waals surface area contributed by atoms with Crippen LogP contribution in [0.5, 0.6) is 0 Å². The summed E-state index contributed by atoms with van der Waals surface area (Å²) in [5.41, 5.74) is 4.70. The van der Waals surface area contributed by atoms with Crippen LogP contribution in [-0.4, -0.2) is 35.9 Å². The molecule has 3 aromatic carbocycles. The zero-order valence-corrected chi connectivity index (χ0v) is 18.8. The summed E-state index contributed by atoms with van der Waals surface area (Å²) in [6.45, 7) is 1.11. The molecule has 0 radical (unpaired) electrons. The van der Waals surface area contributed by atoms with E-state index in [-0.39, 0.29) is 4.90 Å². The van der Waals surface area contributed by atoms with Crippen molar-refractivity contribution >= 4 is 9.84 Å². The van der Waals surface area contributed by atoms with Gasteiger partial charge in [0.2, 0.25) is 9.84 Å². The maximum absolute atomic E-state index is 12.7. The largest absolute Gasteiger partial charge is 0.341 e. The fourth-order valence-electron chi connectivity index (χ4n) is 3.62. The molecular weight excluding hydrogens is 444 g/mol. The van der Waals surface area contributed by atoms with E-state index in [1.54, 1.807) is 12.1 Å². The number of sulfone groups is 1. The first kappa shape index (κ1) is 22.8. The van der Waals surface area contributed by atoms with Gasteiger partial charge in [-0.3, -0.25) is 4.90 Å². The van der Waals surface area contributed by atoms with Gasteiger partial charge in [-0.25, -0.2) is 13.1 Å². The minimum Gasteiger partial charge on any atom is -0.298 e. The number of alkyl halides is 2. The molecule has 33 heavy (non-hydrogen) atoms. The van der Waals surface area contributed by atoms with Crippen LogP contribution in [0.4, 0.5) is 8.78 Å². The quantitative estimate of drug-likeness (QED) is 0.359. The number of halogens is 2. The van der Waals surface area contributed by atoms with Crippen molar-refractivity contribution in [2.24, 2.45) is 0 Å². The third-order valence-electron chi connectivity index (χ3n) is 5.24. The lowest BCUT2D eigenvalue weighted by atomic mass is 10.1. The smallest absolute Gasteiger partial charge is 0.298 e. The average Bonchev–Trinajstić information content (AvgIpc) is 3.24. The zero-order chi connectivity index (χ0) is 23.4. The summed E-state index contributed by atoms with van der Waals surface area (Å²) in [5.74, 6) is -3.43. The second-order valence-corrected chi connectivity index (χ2v) is 9.69. The number of para-hydroxylation sites is 1. The van der Waals surface area contributed by atoms with Crippen LogP contribution in [0.15, 0.2) is 96.0 Å². The number of benzene rings is 3. The summed E-state index contributed by atoms with van der Waals surface area (Å²) in [5, 5.41) is 4.82. The molecule has 0 saturated carbocycles. The summed E-state index contributed by atoms with van der Waals surface area (Å²) in [6, 6.07) is 25.4.